The minimum Gasteiger partial charge on any atom is -0.480 e. The fourth-order valence-electron chi connectivity index (χ4n) is 4.40. The summed E-state index contributed by atoms with van der Waals surface area (Å²) in [6.45, 7) is 4.51. The number of aliphatic carboxylic acids is 1. The average Bonchev–Trinajstić information content (AvgIpc) is 3.02. The molecule has 25 heavy (non-hydrogen) atoms. The molecule has 0 amide bonds. The molecule has 2 aliphatic rings. The molecule has 140 valence electrons. The lowest BCUT2D eigenvalue weighted by Gasteiger charge is -2.44. The highest BCUT2D eigenvalue weighted by molar-refractivity contribution is 7.10. The predicted molar refractivity (Wildman–Crippen MR) is 99.9 cm³/mol. The molecule has 3 heterocycles. The molecule has 2 atom stereocenters. The maximum Gasteiger partial charge on any atom is 0.332 e. The molecule has 0 saturated carbocycles. The van der Waals surface area contributed by atoms with Crippen molar-refractivity contribution in [3.63, 3.8) is 0 Å². The van der Waals surface area contributed by atoms with Gasteiger partial charge in [-0.15, -0.1) is 11.3 Å². The fourth-order valence-corrected chi connectivity index (χ4v) is 5.34. The number of thiophene rings is 1. The number of carbonyl (C=O) groups is 1. The topological polar surface area (TPSA) is 64.0 Å². The van der Waals surface area contributed by atoms with Crippen LogP contribution in [0.5, 0.6) is 0 Å². The van der Waals surface area contributed by atoms with Crippen LogP contribution in [0.15, 0.2) is 17.5 Å². The van der Waals surface area contributed by atoms with E-state index in [9.17, 15) is 15.0 Å². The van der Waals surface area contributed by atoms with Gasteiger partial charge >= 0.3 is 5.97 Å². The number of carboxylic acid groups (broad SMARTS) is 1. The van der Waals surface area contributed by atoms with Crippen LogP contribution in [0.25, 0.3) is 0 Å². The Balaban J connectivity index is 1.73. The van der Waals surface area contributed by atoms with Crippen molar-refractivity contribution in [2.24, 2.45) is 5.92 Å². The second-order valence-corrected chi connectivity index (χ2v) is 8.42. The standard InChI is InChI=1S/C19H30N2O3S/c22-15-19(18(23)24,17-8-6-12-25-17)21-11-5-7-16(14-21)13-20-9-3-1-2-4-10-20/h6,8,12,16,22H,1-5,7,9-11,13-15H2,(H,23,24). The van der Waals surface area contributed by atoms with Crippen molar-refractivity contribution in [3.05, 3.63) is 22.4 Å². The van der Waals surface area contributed by atoms with E-state index in [0.717, 1.165) is 37.4 Å². The van der Waals surface area contributed by atoms with Gasteiger partial charge < -0.3 is 15.1 Å². The summed E-state index contributed by atoms with van der Waals surface area (Å²) in [6.07, 6.45) is 7.37. The summed E-state index contributed by atoms with van der Waals surface area (Å²) in [5.41, 5.74) is -1.29. The van der Waals surface area contributed by atoms with E-state index in [1.165, 1.54) is 50.1 Å². The lowest BCUT2D eigenvalue weighted by atomic mass is 9.89. The highest BCUT2D eigenvalue weighted by Gasteiger charge is 2.48. The third kappa shape index (κ3) is 4.08. The Morgan fingerprint density at radius 2 is 1.96 bits per heavy atom. The van der Waals surface area contributed by atoms with Crippen molar-refractivity contribution < 1.29 is 15.0 Å². The van der Waals surface area contributed by atoms with Gasteiger partial charge in [-0.25, -0.2) is 4.79 Å². The quantitative estimate of drug-likeness (QED) is 0.810. The molecule has 2 saturated heterocycles. The van der Waals surface area contributed by atoms with E-state index in [-0.39, 0.29) is 6.61 Å². The number of likely N-dealkylation sites (tertiary alicyclic amines) is 2. The Morgan fingerprint density at radius 1 is 1.20 bits per heavy atom. The SMILES string of the molecule is O=C(O)C(CO)(c1cccs1)N1CCCC(CN2CCCCCC2)C1. The van der Waals surface area contributed by atoms with Gasteiger partial charge in [-0.1, -0.05) is 18.9 Å². The van der Waals surface area contributed by atoms with Crippen molar-refractivity contribution in [1.29, 1.82) is 0 Å². The number of aliphatic hydroxyl groups excluding tert-OH is 1. The molecule has 3 rings (SSSR count). The molecule has 5 nitrogen and oxygen atoms in total. The Kier molecular flexibility index (Phi) is 6.49. The monoisotopic (exact) mass is 366 g/mol. The van der Waals surface area contributed by atoms with Gasteiger partial charge in [-0.2, -0.15) is 0 Å². The minimum absolute atomic E-state index is 0.376. The van der Waals surface area contributed by atoms with Crippen LogP contribution in [0.4, 0.5) is 0 Å². The highest BCUT2D eigenvalue weighted by atomic mass is 32.1. The minimum atomic E-state index is -1.29. The van der Waals surface area contributed by atoms with Gasteiger partial charge in [-0.05, 0) is 62.7 Å². The third-order valence-corrected chi connectivity index (χ3v) is 6.81. The molecule has 2 unspecified atom stereocenters. The summed E-state index contributed by atoms with van der Waals surface area (Å²) in [5, 5.41) is 22.0. The maximum absolute atomic E-state index is 12.2. The van der Waals surface area contributed by atoms with Gasteiger partial charge in [0, 0.05) is 18.0 Å². The molecule has 6 heteroatoms. The highest BCUT2D eigenvalue weighted by Crippen LogP contribution is 2.36. The maximum atomic E-state index is 12.2. The Morgan fingerprint density at radius 3 is 2.56 bits per heavy atom. The summed E-state index contributed by atoms with van der Waals surface area (Å²) in [5.74, 6) is -0.454. The number of rotatable bonds is 6. The van der Waals surface area contributed by atoms with Crippen molar-refractivity contribution in [3.8, 4) is 0 Å². The zero-order chi connectivity index (χ0) is 17.7. The van der Waals surface area contributed by atoms with Gasteiger partial charge in [0.1, 0.15) is 0 Å². The lowest BCUT2D eigenvalue weighted by Crippen LogP contribution is -2.58. The predicted octanol–water partition coefficient (Wildman–Crippen LogP) is 2.61. The van der Waals surface area contributed by atoms with Crippen molar-refractivity contribution in [1.82, 2.24) is 9.80 Å². The van der Waals surface area contributed by atoms with E-state index in [2.05, 4.69) is 4.90 Å². The summed E-state index contributed by atoms with van der Waals surface area (Å²) in [6, 6.07) is 3.71. The molecule has 0 spiro atoms. The Labute approximate surface area is 154 Å². The van der Waals surface area contributed by atoms with E-state index in [0.29, 0.717) is 5.92 Å². The van der Waals surface area contributed by atoms with Gasteiger partial charge in [-0.3, -0.25) is 4.90 Å². The first kappa shape index (κ1) is 18.8. The first-order chi connectivity index (χ1) is 12.2. The normalized spacial score (nSPS) is 26.0. The molecule has 0 bridgehead atoms. The lowest BCUT2D eigenvalue weighted by molar-refractivity contribution is -0.157. The largest absolute Gasteiger partial charge is 0.480 e. The molecule has 0 aliphatic carbocycles. The zero-order valence-corrected chi connectivity index (χ0v) is 15.7. The van der Waals surface area contributed by atoms with Crippen LogP contribution in [-0.2, 0) is 10.3 Å². The van der Waals surface area contributed by atoms with Crippen LogP contribution in [0.3, 0.4) is 0 Å². The van der Waals surface area contributed by atoms with E-state index in [4.69, 9.17) is 0 Å². The van der Waals surface area contributed by atoms with E-state index in [1.54, 1.807) is 0 Å². The fraction of sp³-hybridized carbons (Fsp3) is 0.737. The van der Waals surface area contributed by atoms with Crippen LogP contribution < -0.4 is 0 Å². The number of carboxylic acids is 1. The molecule has 0 radical (unpaired) electrons. The van der Waals surface area contributed by atoms with E-state index >= 15 is 0 Å². The Hall–Kier alpha value is -0.950. The van der Waals surface area contributed by atoms with Gasteiger partial charge in [0.2, 0.25) is 0 Å². The number of aliphatic hydroxyl groups is 1. The van der Waals surface area contributed by atoms with Crippen LogP contribution in [0.1, 0.15) is 43.4 Å². The molecular formula is C19H30N2O3S. The number of nitrogens with zero attached hydrogens (tertiary/aromatic N) is 2. The molecule has 2 N–H and O–H groups in total. The summed E-state index contributed by atoms with van der Waals surface area (Å²) >= 11 is 1.42. The third-order valence-electron chi connectivity index (χ3n) is 5.79. The molecule has 0 aromatic carbocycles. The summed E-state index contributed by atoms with van der Waals surface area (Å²) < 4.78 is 0. The first-order valence-corrected chi connectivity index (χ1v) is 10.4. The summed E-state index contributed by atoms with van der Waals surface area (Å²) in [7, 11) is 0. The van der Waals surface area contributed by atoms with Gasteiger partial charge in [0.25, 0.3) is 0 Å². The molecule has 1 aromatic heterocycles. The average molecular weight is 367 g/mol. The van der Waals surface area contributed by atoms with Gasteiger partial charge in [0.05, 0.1) is 6.61 Å². The van der Waals surface area contributed by atoms with Crippen molar-refractivity contribution >= 4 is 17.3 Å². The van der Waals surface area contributed by atoms with Crippen molar-refractivity contribution in [2.75, 3.05) is 39.3 Å². The van der Waals surface area contributed by atoms with Crippen molar-refractivity contribution in [2.45, 2.75) is 44.1 Å². The summed E-state index contributed by atoms with van der Waals surface area (Å²) in [4.78, 5) is 17.5. The number of piperidine rings is 1. The van der Waals surface area contributed by atoms with Gasteiger partial charge in [0.15, 0.2) is 5.54 Å². The second kappa shape index (κ2) is 8.62. The van der Waals surface area contributed by atoms with Crippen LogP contribution >= 0.6 is 11.3 Å². The number of hydrogen-bond donors (Lipinski definition) is 2. The smallest absolute Gasteiger partial charge is 0.332 e. The Bertz CT molecular complexity index is 543. The van der Waals surface area contributed by atoms with Crippen LogP contribution in [0.2, 0.25) is 0 Å². The molecule has 1 aromatic rings. The molecule has 2 aliphatic heterocycles. The van der Waals surface area contributed by atoms with E-state index < -0.39 is 11.5 Å². The van der Waals surface area contributed by atoms with E-state index in [1.807, 2.05) is 22.4 Å². The molecular weight excluding hydrogens is 336 g/mol. The van der Waals surface area contributed by atoms with Crippen LogP contribution in [-0.4, -0.2) is 65.3 Å². The number of hydrogen-bond acceptors (Lipinski definition) is 5. The van der Waals surface area contributed by atoms with Crippen LogP contribution in [0, 0.1) is 5.92 Å². The zero-order valence-electron chi connectivity index (χ0n) is 14.9. The second-order valence-electron chi connectivity index (χ2n) is 7.47. The first-order valence-electron chi connectivity index (χ1n) is 9.52. The molecule has 2 fully saturated rings.